The average Bonchev–Trinajstić information content (AvgIpc) is 3.72. The number of ether oxygens (including phenoxy) is 1. The molecule has 0 radical (unpaired) electrons. The minimum Gasteiger partial charge on any atom is -0.463 e. The molecule has 0 spiro atoms. The molecule has 0 saturated carbocycles. The Morgan fingerprint density at radius 3 is 2.55 bits per heavy atom. The molecule has 1 aliphatic rings. The number of aryl methyl sites for hydroxylation is 2. The number of carbonyl (C=O) groups is 1. The number of aromatic nitrogens is 2. The maximum absolute atomic E-state index is 14.2. The van der Waals surface area contributed by atoms with Crippen LogP contribution in [0.3, 0.4) is 0 Å². The molecule has 3 aromatic heterocycles. The molecule has 0 amide bonds. The first-order valence-corrected chi connectivity index (χ1v) is 15.7. The number of thiophene rings is 1. The van der Waals surface area contributed by atoms with Crippen molar-refractivity contribution < 1.29 is 14.5 Å². The van der Waals surface area contributed by atoms with Crippen molar-refractivity contribution in [1.82, 2.24) is 9.13 Å². The predicted molar refractivity (Wildman–Crippen MR) is 172 cm³/mol. The molecule has 5 aromatic rings. The summed E-state index contributed by atoms with van der Waals surface area (Å²) in [5.41, 5.74) is 5.41. The number of rotatable bonds is 7. The van der Waals surface area contributed by atoms with Gasteiger partial charge in [-0.1, -0.05) is 53.8 Å². The number of hydrogen-bond acceptors (Lipinski definition) is 8. The second-order valence-corrected chi connectivity index (χ2v) is 12.3. The lowest BCUT2D eigenvalue weighted by molar-refractivity contribution is -0.384. The Bertz CT molecular complexity index is 2140. The quantitative estimate of drug-likeness (QED) is 0.133. The summed E-state index contributed by atoms with van der Waals surface area (Å²) in [4.78, 5) is 45.0. The van der Waals surface area contributed by atoms with Crippen molar-refractivity contribution in [3.63, 3.8) is 0 Å². The average molecular weight is 625 g/mol. The van der Waals surface area contributed by atoms with Crippen molar-refractivity contribution in [3.05, 3.63) is 140 Å². The standard InChI is InChI=1S/C33H28N4O5S2/c1-5-42-32(39)28-29(22-10-7-6-8-11-22)34-33-36(30(28)26-12-9-15-43-26)31(38)27(44-33)17-23-16-20(3)35(21(23)4)25-18-24(37(40)41)14-13-19(25)2/h6-18,30H,5H2,1-4H3. The van der Waals surface area contributed by atoms with Crippen LogP contribution in [0.25, 0.3) is 17.5 Å². The van der Waals surface area contributed by atoms with Crippen LogP contribution in [0.1, 0.15) is 45.9 Å². The number of nitrogens with zero attached hydrogens (tertiary/aromatic N) is 4. The van der Waals surface area contributed by atoms with Crippen LogP contribution in [0.2, 0.25) is 0 Å². The minimum absolute atomic E-state index is 0.00756. The third-order valence-corrected chi connectivity index (χ3v) is 9.50. The van der Waals surface area contributed by atoms with Gasteiger partial charge in [0.2, 0.25) is 0 Å². The molecule has 6 rings (SSSR count). The van der Waals surface area contributed by atoms with Crippen molar-refractivity contribution in [2.75, 3.05) is 6.61 Å². The highest BCUT2D eigenvalue weighted by molar-refractivity contribution is 7.10. The molecule has 222 valence electrons. The summed E-state index contributed by atoms with van der Waals surface area (Å²) >= 11 is 2.72. The molecule has 2 aromatic carbocycles. The number of nitro groups is 1. The van der Waals surface area contributed by atoms with Gasteiger partial charge in [0, 0.05) is 34.0 Å². The Kier molecular flexibility index (Phi) is 7.74. The second-order valence-electron chi connectivity index (χ2n) is 10.3. The Morgan fingerprint density at radius 2 is 1.86 bits per heavy atom. The Labute approximate surface area is 260 Å². The molecular weight excluding hydrogens is 597 g/mol. The maximum atomic E-state index is 14.2. The van der Waals surface area contributed by atoms with Gasteiger partial charge in [-0.05, 0) is 62.4 Å². The molecular formula is C33H28N4O5S2. The van der Waals surface area contributed by atoms with Crippen molar-refractivity contribution >= 4 is 46.1 Å². The number of hydrogen-bond donors (Lipinski definition) is 0. The molecule has 1 aliphatic heterocycles. The number of carbonyl (C=O) groups excluding carboxylic acids is 1. The molecule has 0 fully saturated rings. The first-order chi connectivity index (χ1) is 21.2. The van der Waals surface area contributed by atoms with E-state index in [0.717, 1.165) is 33.0 Å². The van der Waals surface area contributed by atoms with Gasteiger partial charge in [-0.15, -0.1) is 11.3 Å². The van der Waals surface area contributed by atoms with Gasteiger partial charge in [0.1, 0.15) is 6.04 Å². The van der Waals surface area contributed by atoms with E-state index in [-0.39, 0.29) is 17.9 Å². The molecule has 4 heterocycles. The van der Waals surface area contributed by atoms with E-state index in [0.29, 0.717) is 26.3 Å². The first-order valence-electron chi connectivity index (χ1n) is 14.0. The van der Waals surface area contributed by atoms with Gasteiger partial charge in [0.05, 0.1) is 33.0 Å². The van der Waals surface area contributed by atoms with Crippen LogP contribution >= 0.6 is 22.7 Å². The highest BCUT2D eigenvalue weighted by atomic mass is 32.1. The summed E-state index contributed by atoms with van der Waals surface area (Å²) in [7, 11) is 0. The number of non-ortho nitro benzene ring substituents is 1. The normalized spacial score (nSPS) is 14.8. The minimum atomic E-state index is -0.706. The van der Waals surface area contributed by atoms with Crippen molar-refractivity contribution in [2.45, 2.75) is 33.7 Å². The number of benzene rings is 2. The fourth-order valence-corrected chi connectivity index (χ4v) is 7.37. The lowest BCUT2D eigenvalue weighted by Gasteiger charge is -2.24. The SMILES string of the molecule is CCOC(=O)C1=C(c2ccccc2)N=c2sc(=Cc3cc(C)n(-c4cc([N+](=O)[O-])ccc4C)c3C)c(=O)n2C1c1cccs1. The van der Waals surface area contributed by atoms with Gasteiger partial charge in [-0.2, -0.15) is 0 Å². The maximum Gasteiger partial charge on any atom is 0.338 e. The van der Waals surface area contributed by atoms with Crippen molar-refractivity contribution in [2.24, 2.45) is 4.99 Å². The molecule has 0 N–H and O–H groups in total. The highest BCUT2D eigenvalue weighted by Gasteiger charge is 2.35. The molecule has 11 heteroatoms. The van der Waals surface area contributed by atoms with Crippen LogP contribution in [0.5, 0.6) is 0 Å². The largest absolute Gasteiger partial charge is 0.463 e. The van der Waals surface area contributed by atoms with Crippen LogP contribution in [-0.4, -0.2) is 26.6 Å². The zero-order chi connectivity index (χ0) is 31.1. The van der Waals surface area contributed by atoms with Gasteiger partial charge in [0.15, 0.2) is 4.80 Å². The summed E-state index contributed by atoms with van der Waals surface area (Å²) in [5.74, 6) is -0.515. The van der Waals surface area contributed by atoms with E-state index in [4.69, 9.17) is 9.73 Å². The van der Waals surface area contributed by atoms with Crippen LogP contribution < -0.4 is 14.9 Å². The molecule has 0 saturated heterocycles. The van der Waals surface area contributed by atoms with Crippen molar-refractivity contribution in [1.29, 1.82) is 0 Å². The molecule has 44 heavy (non-hydrogen) atoms. The number of thiazole rings is 1. The summed E-state index contributed by atoms with van der Waals surface area (Å²) in [6.07, 6.45) is 1.83. The Balaban J connectivity index is 1.57. The highest BCUT2D eigenvalue weighted by Crippen LogP contribution is 2.37. The predicted octanol–water partition coefficient (Wildman–Crippen LogP) is 5.62. The van der Waals surface area contributed by atoms with Gasteiger partial charge < -0.3 is 9.30 Å². The third kappa shape index (κ3) is 5.03. The smallest absolute Gasteiger partial charge is 0.338 e. The topological polar surface area (TPSA) is 109 Å². The zero-order valence-corrected chi connectivity index (χ0v) is 26.1. The van der Waals surface area contributed by atoms with E-state index >= 15 is 0 Å². The Morgan fingerprint density at radius 1 is 1.09 bits per heavy atom. The molecule has 0 bridgehead atoms. The number of esters is 1. The summed E-state index contributed by atoms with van der Waals surface area (Å²) in [6.45, 7) is 7.70. The summed E-state index contributed by atoms with van der Waals surface area (Å²) in [6, 6.07) is 19.3. The number of fused-ring (bicyclic) bond motifs is 1. The van der Waals surface area contributed by atoms with Crippen molar-refractivity contribution in [3.8, 4) is 5.69 Å². The van der Waals surface area contributed by atoms with E-state index in [2.05, 4.69) is 0 Å². The second kappa shape index (κ2) is 11.7. The molecule has 9 nitrogen and oxygen atoms in total. The fourth-order valence-electron chi connectivity index (χ4n) is 5.55. The zero-order valence-electron chi connectivity index (χ0n) is 24.4. The lowest BCUT2D eigenvalue weighted by Crippen LogP contribution is -2.39. The Hall–Kier alpha value is -4.87. The molecule has 0 aliphatic carbocycles. The van der Waals surface area contributed by atoms with E-state index in [9.17, 15) is 19.7 Å². The van der Waals surface area contributed by atoms with E-state index in [1.54, 1.807) is 23.6 Å². The summed E-state index contributed by atoms with van der Waals surface area (Å²) < 4.78 is 9.52. The van der Waals surface area contributed by atoms with Crippen LogP contribution in [0, 0.1) is 30.9 Å². The summed E-state index contributed by atoms with van der Waals surface area (Å²) in [5, 5.41) is 13.4. The number of nitro benzene ring substituents is 1. The van der Waals surface area contributed by atoms with E-state index < -0.39 is 16.9 Å². The van der Waals surface area contributed by atoms with Gasteiger partial charge >= 0.3 is 5.97 Å². The lowest BCUT2D eigenvalue weighted by atomic mass is 9.97. The monoisotopic (exact) mass is 624 g/mol. The van der Waals surface area contributed by atoms with Crippen LogP contribution in [-0.2, 0) is 9.53 Å². The van der Waals surface area contributed by atoms with Crippen LogP contribution in [0.15, 0.2) is 87.5 Å². The molecule has 1 unspecified atom stereocenters. The molecule has 1 atom stereocenters. The fraction of sp³-hybridized carbons (Fsp3) is 0.182. The van der Waals surface area contributed by atoms with Gasteiger partial charge in [0.25, 0.3) is 11.2 Å². The van der Waals surface area contributed by atoms with Gasteiger partial charge in [-0.25, -0.2) is 9.79 Å². The third-order valence-electron chi connectivity index (χ3n) is 7.59. The van der Waals surface area contributed by atoms with Gasteiger partial charge in [-0.3, -0.25) is 19.5 Å². The van der Waals surface area contributed by atoms with E-state index in [1.165, 1.54) is 28.7 Å². The first kappa shape index (κ1) is 29.2. The van der Waals surface area contributed by atoms with E-state index in [1.807, 2.05) is 85.3 Å². The van der Waals surface area contributed by atoms with Crippen LogP contribution in [0.4, 0.5) is 5.69 Å².